The van der Waals surface area contributed by atoms with E-state index in [0.29, 0.717) is 28.9 Å². The van der Waals surface area contributed by atoms with Gasteiger partial charge in [-0.2, -0.15) is 0 Å². The average molecular weight is 360 g/mol. The zero-order valence-corrected chi connectivity index (χ0v) is 14.7. The number of anilines is 1. The average Bonchev–Trinajstić information content (AvgIpc) is 3.05. The van der Waals surface area contributed by atoms with E-state index in [9.17, 15) is 14.0 Å². The first-order valence-corrected chi connectivity index (χ1v) is 8.61. The number of amides is 2. The third-order valence-corrected chi connectivity index (χ3v) is 4.73. The Labute approximate surface area is 156 Å². The Balaban J connectivity index is 1.73. The highest BCUT2D eigenvalue weighted by atomic mass is 19.1. The molecule has 0 unspecified atom stereocenters. The van der Waals surface area contributed by atoms with Crippen molar-refractivity contribution in [3.63, 3.8) is 0 Å². The van der Waals surface area contributed by atoms with Crippen molar-refractivity contribution in [2.45, 2.75) is 13.5 Å². The maximum atomic E-state index is 13.3. The molecule has 4 nitrogen and oxygen atoms in total. The second-order valence-corrected chi connectivity index (χ2v) is 6.48. The molecular formula is C22H17FN2O2. The largest absolute Gasteiger partial charge is 0.348 e. The molecule has 5 heteroatoms. The fourth-order valence-corrected chi connectivity index (χ4v) is 3.41. The minimum atomic E-state index is -0.392. The number of carbonyl (C=O) groups excluding carboxylic acids is 2. The predicted molar refractivity (Wildman–Crippen MR) is 102 cm³/mol. The van der Waals surface area contributed by atoms with Gasteiger partial charge in [-0.1, -0.05) is 36.4 Å². The van der Waals surface area contributed by atoms with Gasteiger partial charge < -0.3 is 10.6 Å². The number of rotatable bonds is 3. The predicted octanol–water partition coefficient (Wildman–Crippen LogP) is 4.30. The molecule has 134 valence electrons. The summed E-state index contributed by atoms with van der Waals surface area (Å²) >= 11 is 0. The third-order valence-electron chi connectivity index (χ3n) is 4.73. The summed E-state index contributed by atoms with van der Waals surface area (Å²) in [6.07, 6.45) is 0. The minimum Gasteiger partial charge on any atom is -0.348 e. The van der Waals surface area contributed by atoms with E-state index in [2.05, 4.69) is 10.6 Å². The van der Waals surface area contributed by atoms with Crippen LogP contribution in [0.4, 0.5) is 10.1 Å². The zero-order chi connectivity index (χ0) is 19.0. The molecule has 0 radical (unpaired) electrons. The lowest BCUT2D eigenvalue weighted by molar-refractivity contribution is 0.0966. The van der Waals surface area contributed by atoms with Gasteiger partial charge in [-0.15, -0.1) is 0 Å². The highest BCUT2D eigenvalue weighted by Crippen LogP contribution is 2.34. The first kappa shape index (κ1) is 17.0. The zero-order valence-electron chi connectivity index (χ0n) is 14.7. The van der Waals surface area contributed by atoms with Crippen molar-refractivity contribution in [1.29, 1.82) is 0 Å². The molecule has 0 aliphatic carbocycles. The van der Waals surface area contributed by atoms with Gasteiger partial charge in [-0.05, 0) is 53.4 Å². The van der Waals surface area contributed by atoms with Crippen LogP contribution in [0, 0.1) is 12.7 Å². The lowest BCUT2D eigenvalue weighted by Gasteiger charge is -2.13. The molecule has 0 saturated heterocycles. The van der Waals surface area contributed by atoms with Crippen LogP contribution in [-0.2, 0) is 6.54 Å². The number of fused-ring (bicyclic) bond motifs is 1. The molecule has 0 aromatic heterocycles. The molecule has 4 rings (SSSR count). The summed E-state index contributed by atoms with van der Waals surface area (Å²) in [6, 6.07) is 17.4. The summed E-state index contributed by atoms with van der Waals surface area (Å²) in [5.74, 6) is -0.979. The molecule has 3 aromatic rings. The van der Waals surface area contributed by atoms with Crippen molar-refractivity contribution < 1.29 is 14.0 Å². The van der Waals surface area contributed by atoms with Gasteiger partial charge >= 0.3 is 0 Å². The van der Waals surface area contributed by atoms with Crippen molar-refractivity contribution in [2.24, 2.45) is 0 Å². The van der Waals surface area contributed by atoms with Crippen LogP contribution in [0.15, 0.2) is 60.7 Å². The van der Waals surface area contributed by atoms with Crippen LogP contribution in [0.5, 0.6) is 0 Å². The molecule has 2 N–H and O–H groups in total. The Hall–Kier alpha value is -3.47. The summed E-state index contributed by atoms with van der Waals surface area (Å²) in [5, 5.41) is 5.63. The molecule has 2 amide bonds. The second-order valence-electron chi connectivity index (χ2n) is 6.48. The Bertz CT molecular complexity index is 1060. The van der Waals surface area contributed by atoms with E-state index in [0.717, 1.165) is 16.7 Å². The fraction of sp³-hybridized carbons (Fsp3) is 0.0909. The summed E-state index contributed by atoms with van der Waals surface area (Å²) in [7, 11) is 0. The van der Waals surface area contributed by atoms with Gasteiger partial charge in [0.15, 0.2) is 0 Å². The number of carbonyl (C=O) groups is 2. The number of halogens is 1. The molecule has 0 fully saturated rings. The highest BCUT2D eigenvalue weighted by molar-refractivity contribution is 6.12. The number of aryl methyl sites for hydroxylation is 1. The van der Waals surface area contributed by atoms with Crippen molar-refractivity contribution >= 4 is 17.5 Å². The molecule has 0 bridgehead atoms. The normalized spacial score (nSPS) is 12.4. The van der Waals surface area contributed by atoms with Crippen LogP contribution in [-0.4, -0.2) is 11.8 Å². The van der Waals surface area contributed by atoms with Gasteiger partial charge in [-0.3, -0.25) is 9.59 Å². The van der Waals surface area contributed by atoms with Gasteiger partial charge in [0.05, 0.1) is 11.3 Å². The molecule has 0 atom stereocenters. The molecular weight excluding hydrogens is 343 g/mol. The Kier molecular flexibility index (Phi) is 4.20. The molecule has 0 spiro atoms. The van der Waals surface area contributed by atoms with E-state index >= 15 is 0 Å². The van der Waals surface area contributed by atoms with E-state index in [4.69, 9.17) is 0 Å². The number of hydrogen-bond donors (Lipinski definition) is 2. The fourth-order valence-electron chi connectivity index (χ4n) is 3.41. The Morgan fingerprint density at radius 2 is 1.85 bits per heavy atom. The highest BCUT2D eigenvalue weighted by Gasteiger charge is 2.27. The van der Waals surface area contributed by atoms with Crippen LogP contribution < -0.4 is 10.6 Å². The lowest BCUT2D eigenvalue weighted by atomic mass is 9.95. The van der Waals surface area contributed by atoms with Gasteiger partial charge in [-0.25, -0.2) is 4.39 Å². The first-order valence-electron chi connectivity index (χ1n) is 8.61. The maximum Gasteiger partial charge on any atom is 0.255 e. The van der Waals surface area contributed by atoms with Crippen molar-refractivity contribution in [3.8, 4) is 11.1 Å². The van der Waals surface area contributed by atoms with E-state index in [1.165, 1.54) is 18.2 Å². The SMILES string of the molecule is Cc1cc(F)ccc1C(=O)Nc1ccc(-c2ccccc2)c2c1C(=O)NC2. The van der Waals surface area contributed by atoms with Crippen LogP contribution in [0.1, 0.15) is 31.8 Å². The van der Waals surface area contributed by atoms with E-state index < -0.39 is 5.82 Å². The van der Waals surface area contributed by atoms with Crippen molar-refractivity contribution in [1.82, 2.24) is 5.32 Å². The number of hydrogen-bond acceptors (Lipinski definition) is 2. The van der Waals surface area contributed by atoms with E-state index in [1.807, 2.05) is 36.4 Å². The second kappa shape index (κ2) is 6.68. The number of nitrogens with one attached hydrogen (secondary N) is 2. The molecule has 27 heavy (non-hydrogen) atoms. The Morgan fingerprint density at radius 3 is 2.59 bits per heavy atom. The van der Waals surface area contributed by atoms with Crippen LogP contribution in [0.25, 0.3) is 11.1 Å². The van der Waals surface area contributed by atoms with Gasteiger partial charge in [0.25, 0.3) is 11.8 Å². The van der Waals surface area contributed by atoms with Crippen LogP contribution in [0.2, 0.25) is 0 Å². The van der Waals surface area contributed by atoms with Crippen molar-refractivity contribution in [3.05, 3.63) is 88.7 Å². The molecule has 1 aliphatic heterocycles. The van der Waals surface area contributed by atoms with Gasteiger partial charge in [0, 0.05) is 12.1 Å². The standard InChI is InChI=1S/C22H17FN2O2/c1-13-11-15(23)7-8-16(13)21(26)25-19-10-9-17(14-5-3-2-4-6-14)18-12-24-22(27)20(18)19/h2-11H,12H2,1H3,(H,24,27)(H,25,26). The summed E-state index contributed by atoms with van der Waals surface area (Å²) in [6.45, 7) is 2.09. The van der Waals surface area contributed by atoms with Crippen LogP contribution in [0.3, 0.4) is 0 Å². The number of benzene rings is 3. The Morgan fingerprint density at radius 1 is 1.07 bits per heavy atom. The summed E-state index contributed by atoms with van der Waals surface area (Å²) in [4.78, 5) is 25.0. The first-order chi connectivity index (χ1) is 13.0. The quantitative estimate of drug-likeness (QED) is 0.732. The topological polar surface area (TPSA) is 58.2 Å². The monoisotopic (exact) mass is 360 g/mol. The van der Waals surface area contributed by atoms with Gasteiger partial charge in [0.1, 0.15) is 5.82 Å². The maximum absolute atomic E-state index is 13.3. The molecule has 0 saturated carbocycles. The minimum absolute atomic E-state index is 0.214. The smallest absolute Gasteiger partial charge is 0.255 e. The molecule has 3 aromatic carbocycles. The lowest BCUT2D eigenvalue weighted by Crippen LogP contribution is -2.18. The molecule has 1 heterocycles. The summed E-state index contributed by atoms with van der Waals surface area (Å²) < 4.78 is 13.3. The van der Waals surface area contributed by atoms with Gasteiger partial charge in [0.2, 0.25) is 0 Å². The van der Waals surface area contributed by atoms with Crippen molar-refractivity contribution in [2.75, 3.05) is 5.32 Å². The summed E-state index contributed by atoms with van der Waals surface area (Å²) in [5.41, 5.74) is 4.67. The molecule has 1 aliphatic rings. The van der Waals surface area contributed by atoms with E-state index in [-0.39, 0.29) is 11.8 Å². The van der Waals surface area contributed by atoms with E-state index in [1.54, 1.807) is 13.0 Å². The van der Waals surface area contributed by atoms with Crippen LogP contribution >= 0.6 is 0 Å². The third kappa shape index (κ3) is 3.08.